The predicted octanol–water partition coefficient (Wildman–Crippen LogP) is 2.86. The first-order valence-corrected chi connectivity index (χ1v) is 5.80. The van der Waals surface area contributed by atoms with Crippen LogP contribution in [0.25, 0.3) is 0 Å². The van der Waals surface area contributed by atoms with E-state index in [-0.39, 0.29) is 6.04 Å². The molecule has 0 saturated heterocycles. The van der Waals surface area contributed by atoms with Gasteiger partial charge < -0.3 is 0 Å². The predicted molar refractivity (Wildman–Crippen MR) is 71.5 cm³/mol. The van der Waals surface area contributed by atoms with E-state index in [4.69, 9.17) is 5.84 Å². The second-order valence-corrected chi connectivity index (χ2v) is 4.35. The van der Waals surface area contributed by atoms with Crippen LogP contribution in [0.5, 0.6) is 0 Å². The molecule has 88 valence electrons. The summed E-state index contributed by atoms with van der Waals surface area (Å²) in [5.74, 6) is 5.67. The van der Waals surface area contributed by atoms with Crippen molar-refractivity contribution < 1.29 is 0 Å². The number of hydrogen-bond acceptors (Lipinski definition) is 2. The van der Waals surface area contributed by atoms with Crippen molar-refractivity contribution in [3.63, 3.8) is 0 Å². The second-order valence-electron chi connectivity index (χ2n) is 4.35. The Kier molecular flexibility index (Phi) is 3.57. The van der Waals surface area contributed by atoms with Gasteiger partial charge in [0.15, 0.2) is 0 Å². The summed E-state index contributed by atoms with van der Waals surface area (Å²) in [6.45, 7) is 4.24. The minimum absolute atomic E-state index is 0.0514. The molecule has 2 rings (SSSR count). The van der Waals surface area contributed by atoms with E-state index in [0.29, 0.717) is 0 Å². The molecule has 2 aromatic carbocycles. The number of hydrazine groups is 1. The second kappa shape index (κ2) is 5.13. The van der Waals surface area contributed by atoms with Crippen LogP contribution < -0.4 is 11.3 Å². The lowest BCUT2D eigenvalue weighted by atomic mass is 9.96. The maximum atomic E-state index is 5.67. The van der Waals surface area contributed by atoms with Crippen molar-refractivity contribution in [1.29, 1.82) is 0 Å². The lowest BCUT2D eigenvalue weighted by Crippen LogP contribution is -2.28. The minimum atomic E-state index is 0.0514. The molecule has 3 N–H and O–H groups in total. The summed E-state index contributed by atoms with van der Waals surface area (Å²) >= 11 is 0. The standard InChI is InChI=1S/C15H18N2/c1-11-8-9-14(10-12(11)2)15(17-16)13-6-4-3-5-7-13/h3-10,15,17H,16H2,1-2H3/t15-/m0/s1. The van der Waals surface area contributed by atoms with Crippen LogP contribution in [0.2, 0.25) is 0 Å². The van der Waals surface area contributed by atoms with Crippen molar-refractivity contribution in [3.8, 4) is 0 Å². The number of hydrogen-bond donors (Lipinski definition) is 2. The minimum Gasteiger partial charge on any atom is -0.271 e. The molecule has 0 aromatic heterocycles. The van der Waals surface area contributed by atoms with E-state index in [1.165, 1.54) is 22.3 Å². The topological polar surface area (TPSA) is 38.0 Å². The Morgan fingerprint density at radius 2 is 1.59 bits per heavy atom. The lowest BCUT2D eigenvalue weighted by molar-refractivity contribution is 0.636. The van der Waals surface area contributed by atoms with Crippen LogP contribution in [0.1, 0.15) is 28.3 Å². The molecular weight excluding hydrogens is 208 g/mol. The summed E-state index contributed by atoms with van der Waals surface area (Å²) in [5, 5.41) is 0. The highest BCUT2D eigenvalue weighted by molar-refractivity contribution is 5.36. The molecule has 17 heavy (non-hydrogen) atoms. The van der Waals surface area contributed by atoms with E-state index in [1.54, 1.807) is 0 Å². The van der Waals surface area contributed by atoms with E-state index in [0.717, 1.165) is 0 Å². The Balaban J connectivity index is 2.39. The molecule has 0 bridgehead atoms. The summed E-state index contributed by atoms with van der Waals surface area (Å²) < 4.78 is 0. The third-order valence-corrected chi connectivity index (χ3v) is 3.16. The van der Waals surface area contributed by atoms with Gasteiger partial charge in [0.25, 0.3) is 0 Å². The maximum Gasteiger partial charge on any atom is 0.0710 e. The highest BCUT2D eigenvalue weighted by Crippen LogP contribution is 2.22. The van der Waals surface area contributed by atoms with Crippen LogP contribution in [0.15, 0.2) is 48.5 Å². The zero-order valence-corrected chi connectivity index (χ0v) is 10.3. The molecule has 0 aliphatic rings. The van der Waals surface area contributed by atoms with Gasteiger partial charge in [-0.3, -0.25) is 5.84 Å². The first kappa shape index (κ1) is 11.8. The highest BCUT2D eigenvalue weighted by Gasteiger charge is 2.12. The molecule has 0 fully saturated rings. The number of nitrogens with one attached hydrogen (secondary N) is 1. The highest BCUT2D eigenvalue weighted by atomic mass is 15.2. The maximum absolute atomic E-state index is 5.67. The van der Waals surface area contributed by atoms with Crippen LogP contribution in [0.3, 0.4) is 0 Å². The van der Waals surface area contributed by atoms with Gasteiger partial charge in [0.05, 0.1) is 6.04 Å². The molecule has 0 aliphatic heterocycles. The molecule has 2 heteroatoms. The molecule has 1 atom stereocenters. The van der Waals surface area contributed by atoms with Gasteiger partial charge in [0, 0.05) is 0 Å². The Bertz CT molecular complexity index is 492. The monoisotopic (exact) mass is 226 g/mol. The third-order valence-electron chi connectivity index (χ3n) is 3.16. The first-order valence-electron chi connectivity index (χ1n) is 5.80. The first-order chi connectivity index (χ1) is 8.22. The quantitative estimate of drug-likeness (QED) is 0.624. The SMILES string of the molecule is Cc1ccc([C@@H](NN)c2ccccc2)cc1C. The van der Waals surface area contributed by atoms with E-state index in [9.17, 15) is 0 Å². The summed E-state index contributed by atoms with van der Waals surface area (Å²) in [4.78, 5) is 0. The van der Waals surface area contributed by atoms with Gasteiger partial charge in [-0.15, -0.1) is 0 Å². The Labute approximate surface area is 102 Å². The Morgan fingerprint density at radius 1 is 0.882 bits per heavy atom. The van der Waals surface area contributed by atoms with Crippen molar-refractivity contribution in [2.45, 2.75) is 19.9 Å². The Hall–Kier alpha value is -1.64. The fourth-order valence-corrected chi connectivity index (χ4v) is 1.97. The Morgan fingerprint density at radius 3 is 2.18 bits per heavy atom. The van der Waals surface area contributed by atoms with Crippen LogP contribution in [-0.2, 0) is 0 Å². The van der Waals surface area contributed by atoms with E-state index in [2.05, 4.69) is 49.6 Å². The van der Waals surface area contributed by atoms with Gasteiger partial charge in [0.2, 0.25) is 0 Å². The summed E-state index contributed by atoms with van der Waals surface area (Å²) in [6.07, 6.45) is 0. The molecule has 0 radical (unpaired) electrons. The van der Waals surface area contributed by atoms with E-state index < -0.39 is 0 Å². The van der Waals surface area contributed by atoms with Crippen molar-refractivity contribution in [1.82, 2.24) is 5.43 Å². The molecule has 0 spiro atoms. The van der Waals surface area contributed by atoms with Crippen molar-refractivity contribution in [3.05, 3.63) is 70.8 Å². The van der Waals surface area contributed by atoms with Gasteiger partial charge in [0.1, 0.15) is 0 Å². The fourth-order valence-electron chi connectivity index (χ4n) is 1.97. The summed E-state index contributed by atoms with van der Waals surface area (Å²) in [6, 6.07) is 16.7. The van der Waals surface area contributed by atoms with Crippen molar-refractivity contribution in [2.75, 3.05) is 0 Å². The normalized spacial score (nSPS) is 12.4. The average molecular weight is 226 g/mol. The fraction of sp³-hybridized carbons (Fsp3) is 0.200. The van der Waals surface area contributed by atoms with Crippen LogP contribution in [-0.4, -0.2) is 0 Å². The molecule has 2 nitrogen and oxygen atoms in total. The van der Waals surface area contributed by atoms with E-state index in [1.807, 2.05) is 18.2 Å². The molecule has 0 saturated carbocycles. The van der Waals surface area contributed by atoms with Crippen molar-refractivity contribution >= 4 is 0 Å². The largest absolute Gasteiger partial charge is 0.271 e. The van der Waals surface area contributed by atoms with Crippen molar-refractivity contribution in [2.24, 2.45) is 5.84 Å². The summed E-state index contributed by atoms with van der Waals surface area (Å²) in [5.41, 5.74) is 7.85. The third kappa shape index (κ3) is 2.54. The lowest BCUT2D eigenvalue weighted by Gasteiger charge is -2.18. The van der Waals surface area contributed by atoms with Gasteiger partial charge in [-0.1, -0.05) is 48.5 Å². The number of aryl methyl sites for hydroxylation is 2. The number of nitrogens with two attached hydrogens (primary N) is 1. The van der Waals surface area contributed by atoms with Crippen LogP contribution >= 0.6 is 0 Å². The zero-order chi connectivity index (χ0) is 12.3. The number of rotatable bonds is 3. The van der Waals surface area contributed by atoms with Crippen LogP contribution in [0.4, 0.5) is 0 Å². The summed E-state index contributed by atoms with van der Waals surface area (Å²) in [7, 11) is 0. The van der Waals surface area contributed by atoms with Gasteiger partial charge in [-0.25, -0.2) is 5.43 Å². The van der Waals surface area contributed by atoms with Gasteiger partial charge in [-0.05, 0) is 36.1 Å². The van der Waals surface area contributed by atoms with Crippen LogP contribution in [0, 0.1) is 13.8 Å². The molecule has 0 heterocycles. The molecular formula is C15H18N2. The van der Waals surface area contributed by atoms with Gasteiger partial charge >= 0.3 is 0 Å². The molecule has 0 amide bonds. The smallest absolute Gasteiger partial charge is 0.0710 e. The molecule has 2 aromatic rings. The van der Waals surface area contributed by atoms with Gasteiger partial charge in [-0.2, -0.15) is 0 Å². The van der Waals surface area contributed by atoms with E-state index >= 15 is 0 Å². The molecule has 0 aliphatic carbocycles. The molecule has 0 unspecified atom stereocenters. The average Bonchev–Trinajstić information content (AvgIpc) is 2.36. The number of benzene rings is 2. The zero-order valence-electron chi connectivity index (χ0n) is 10.3.